The first-order chi connectivity index (χ1) is 16.9. The van der Waals surface area contributed by atoms with Gasteiger partial charge in [0.15, 0.2) is 6.61 Å². The lowest BCUT2D eigenvalue weighted by Gasteiger charge is -2.17. The lowest BCUT2D eigenvalue weighted by Crippen LogP contribution is -2.16. The van der Waals surface area contributed by atoms with Crippen molar-refractivity contribution in [3.63, 3.8) is 0 Å². The Morgan fingerprint density at radius 1 is 1.06 bits per heavy atom. The molecule has 0 unspecified atom stereocenters. The Morgan fingerprint density at radius 3 is 2.36 bits per heavy atom. The molecule has 0 fully saturated rings. The SMILES string of the molecule is N=C(N)c1ccc(NC(=O)c2cc(Cl)ccc2NCc2cc(C(F)(F)F)ccc2OCC(=O)O)cc1. The van der Waals surface area contributed by atoms with E-state index in [1.54, 1.807) is 24.3 Å². The van der Waals surface area contributed by atoms with Gasteiger partial charge >= 0.3 is 12.1 Å². The van der Waals surface area contributed by atoms with Gasteiger partial charge in [-0.05, 0) is 60.7 Å². The smallest absolute Gasteiger partial charge is 0.416 e. The van der Waals surface area contributed by atoms with Crippen LogP contribution in [0.1, 0.15) is 27.0 Å². The van der Waals surface area contributed by atoms with E-state index in [1.165, 1.54) is 18.2 Å². The number of ether oxygens (including phenoxy) is 1. The van der Waals surface area contributed by atoms with Crippen molar-refractivity contribution in [1.29, 1.82) is 5.41 Å². The van der Waals surface area contributed by atoms with Crippen LogP contribution in [0.25, 0.3) is 0 Å². The molecular weight excluding hydrogens is 501 g/mol. The van der Waals surface area contributed by atoms with Crippen LogP contribution < -0.4 is 21.1 Å². The highest BCUT2D eigenvalue weighted by atomic mass is 35.5. The molecule has 188 valence electrons. The van der Waals surface area contributed by atoms with Crippen LogP contribution in [0.3, 0.4) is 0 Å². The van der Waals surface area contributed by atoms with Crippen LogP contribution in [0, 0.1) is 5.41 Å². The third kappa shape index (κ3) is 6.89. The van der Waals surface area contributed by atoms with Crippen molar-refractivity contribution in [3.8, 4) is 5.75 Å². The number of nitrogens with one attached hydrogen (secondary N) is 3. The fourth-order valence-corrected chi connectivity index (χ4v) is 3.33. The highest BCUT2D eigenvalue weighted by Crippen LogP contribution is 2.33. The molecule has 3 rings (SSSR count). The number of benzene rings is 3. The second-order valence-electron chi connectivity index (χ2n) is 7.49. The third-order valence-corrected chi connectivity index (χ3v) is 5.12. The van der Waals surface area contributed by atoms with Gasteiger partial charge in [0, 0.05) is 34.1 Å². The van der Waals surface area contributed by atoms with Crippen molar-refractivity contribution in [3.05, 3.63) is 87.9 Å². The normalized spacial score (nSPS) is 11.0. The van der Waals surface area contributed by atoms with Crippen LogP contribution in [-0.2, 0) is 17.5 Å². The number of carboxylic acid groups (broad SMARTS) is 1. The largest absolute Gasteiger partial charge is 0.482 e. The van der Waals surface area contributed by atoms with Crippen molar-refractivity contribution < 1.29 is 32.6 Å². The standard InChI is InChI=1S/C24H20ClF3N4O4/c25-16-4-7-19(18(10-16)23(35)32-17-5-1-13(2-6-17)22(29)30)31-11-14-9-15(24(26,27)28)3-8-20(14)36-12-21(33)34/h1-10,31H,11-12H2,(H3,29,30)(H,32,35)(H,33,34). The molecule has 0 saturated carbocycles. The van der Waals surface area contributed by atoms with Gasteiger partial charge < -0.3 is 26.2 Å². The maximum Gasteiger partial charge on any atom is 0.416 e. The molecule has 0 aromatic heterocycles. The zero-order chi connectivity index (χ0) is 26.5. The minimum atomic E-state index is -4.62. The number of nitrogens with two attached hydrogens (primary N) is 1. The predicted octanol–water partition coefficient (Wildman–Crippen LogP) is 4.97. The minimum Gasteiger partial charge on any atom is -0.482 e. The van der Waals surface area contributed by atoms with Gasteiger partial charge in [0.25, 0.3) is 5.91 Å². The summed E-state index contributed by atoms with van der Waals surface area (Å²) in [4.78, 5) is 23.8. The fraction of sp³-hybridized carbons (Fsp3) is 0.125. The number of carboxylic acids is 1. The van der Waals surface area contributed by atoms with E-state index < -0.39 is 30.2 Å². The van der Waals surface area contributed by atoms with Crippen molar-refractivity contribution in [2.75, 3.05) is 17.2 Å². The molecule has 0 atom stereocenters. The molecule has 36 heavy (non-hydrogen) atoms. The monoisotopic (exact) mass is 520 g/mol. The first kappa shape index (κ1) is 26.4. The number of carbonyl (C=O) groups excluding carboxylic acids is 1. The van der Waals surface area contributed by atoms with E-state index >= 15 is 0 Å². The van der Waals surface area contributed by atoms with Gasteiger partial charge in [0.05, 0.1) is 11.1 Å². The van der Waals surface area contributed by atoms with E-state index in [4.69, 9.17) is 32.6 Å². The van der Waals surface area contributed by atoms with Crippen LogP contribution in [-0.4, -0.2) is 29.4 Å². The van der Waals surface area contributed by atoms with Crippen LogP contribution in [0.4, 0.5) is 24.5 Å². The molecule has 3 aromatic carbocycles. The molecule has 0 bridgehead atoms. The van der Waals surface area contributed by atoms with E-state index in [9.17, 15) is 22.8 Å². The molecule has 0 aliphatic carbocycles. The summed E-state index contributed by atoms with van der Waals surface area (Å²) in [7, 11) is 0. The predicted molar refractivity (Wildman–Crippen MR) is 129 cm³/mol. The van der Waals surface area contributed by atoms with Gasteiger partial charge in [0.2, 0.25) is 0 Å². The number of alkyl halides is 3. The number of hydrogen-bond acceptors (Lipinski definition) is 5. The summed E-state index contributed by atoms with van der Waals surface area (Å²) in [6.45, 7) is -0.955. The fourth-order valence-electron chi connectivity index (χ4n) is 3.15. The number of carbonyl (C=O) groups is 2. The number of aliphatic carboxylic acids is 1. The summed E-state index contributed by atoms with van der Waals surface area (Å²) in [6, 6.07) is 13.3. The quantitative estimate of drug-likeness (QED) is 0.199. The van der Waals surface area contributed by atoms with Crippen molar-refractivity contribution >= 4 is 40.7 Å². The number of halogens is 4. The molecule has 8 nitrogen and oxygen atoms in total. The molecule has 1 amide bonds. The van der Waals surface area contributed by atoms with E-state index in [2.05, 4.69) is 10.6 Å². The highest BCUT2D eigenvalue weighted by molar-refractivity contribution is 6.31. The lowest BCUT2D eigenvalue weighted by molar-refractivity contribution is -0.140. The Labute approximate surface area is 208 Å². The van der Waals surface area contributed by atoms with Gasteiger partial charge in [-0.3, -0.25) is 10.2 Å². The zero-order valence-corrected chi connectivity index (χ0v) is 19.2. The van der Waals surface area contributed by atoms with Gasteiger partial charge in [-0.25, -0.2) is 4.79 Å². The summed E-state index contributed by atoms with van der Waals surface area (Å²) in [5, 5.41) is 22.1. The molecule has 0 saturated heterocycles. The molecule has 6 N–H and O–H groups in total. The lowest BCUT2D eigenvalue weighted by atomic mass is 10.1. The average molecular weight is 521 g/mol. The molecule has 0 radical (unpaired) electrons. The first-order valence-electron chi connectivity index (χ1n) is 10.3. The van der Waals surface area contributed by atoms with E-state index in [-0.39, 0.29) is 40.0 Å². The third-order valence-electron chi connectivity index (χ3n) is 4.89. The number of amides is 1. The van der Waals surface area contributed by atoms with Gasteiger partial charge in [-0.15, -0.1) is 0 Å². The summed E-state index contributed by atoms with van der Waals surface area (Å²) < 4.78 is 44.8. The molecule has 0 aliphatic rings. The summed E-state index contributed by atoms with van der Waals surface area (Å²) >= 11 is 6.06. The summed E-state index contributed by atoms with van der Waals surface area (Å²) in [5.74, 6) is -2.03. The maximum atomic E-state index is 13.2. The van der Waals surface area contributed by atoms with E-state index in [1.807, 2.05) is 0 Å². The number of nitrogen functional groups attached to an aromatic ring is 1. The first-order valence-corrected chi connectivity index (χ1v) is 10.7. The Kier molecular flexibility index (Phi) is 8.05. The zero-order valence-electron chi connectivity index (χ0n) is 18.4. The van der Waals surface area contributed by atoms with E-state index in [0.29, 0.717) is 11.3 Å². The van der Waals surface area contributed by atoms with Crippen LogP contribution >= 0.6 is 11.6 Å². The molecule has 0 aliphatic heterocycles. The van der Waals surface area contributed by atoms with Gasteiger partial charge in [-0.1, -0.05) is 11.6 Å². The van der Waals surface area contributed by atoms with Crippen LogP contribution in [0.5, 0.6) is 5.75 Å². The Hall–Kier alpha value is -4.25. The number of anilines is 2. The Morgan fingerprint density at radius 2 is 1.75 bits per heavy atom. The van der Waals surface area contributed by atoms with E-state index in [0.717, 1.165) is 18.2 Å². The second kappa shape index (κ2) is 11.0. The Bertz CT molecular complexity index is 1300. The van der Waals surface area contributed by atoms with Crippen LogP contribution in [0.15, 0.2) is 60.7 Å². The maximum absolute atomic E-state index is 13.2. The van der Waals surface area contributed by atoms with Crippen LogP contribution in [0.2, 0.25) is 5.02 Å². The number of amidine groups is 1. The minimum absolute atomic E-state index is 0.0344. The number of rotatable bonds is 9. The second-order valence-corrected chi connectivity index (χ2v) is 7.93. The van der Waals surface area contributed by atoms with Crippen molar-refractivity contribution in [2.24, 2.45) is 5.73 Å². The molecule has 12 heteroatoms. The summed E-state index contributed by atoms with van der Waals surface area (Å²) in [5.41, 5.74) is 5.78. The number of hydrogen-bond donors (Lipinski definition) is 5. The van der Waals surface area contributed by atoms with Gasteiger partial charge in [-0.2, -0.15) is 13.2 Å². The van der Waals surface area contributed by atoms with Crippen molar-refractivity contribution in [1.82, 2.24) is 0 Å². The van der Waals surface area contributed by atoms with Crippen molar-refractivity contribution in [2.45, 2.75) is 12.7 Å². The Balaban J connectivity index is 1.85. The summed E-state index contributed by atoms with van der Waals surface area (Å²) in [6.07, 6.45) is -4.62. The highest BCUT2D eigenvalue weighted by Gasteiger charge is 2.31. The topological polar surface area (TPSA) is 138 Å². The molecular formula is C24H20ClF3N4O4. The van der Waals surface area contributed by atoms with Gasteiger partial charge in [0.1, 0.15) is 11.6 Å². The molecule has 0 heterocycles. The average Bonchev–Trinajstić information content (AvgIpc) is 2.81. The molecule has 0 spiro atoms. The molecule has 3 aromatic rings.